The zero-order valence-electron chi connectivity index (χ0n) is 16.6. The number of aromatic amines is 1. The molecule has 0 spiro atoms. The largest absolute Gasteiger partial charge is 0.387 e. The van der Waals surface area contributed by atoms with Gasteiger partial charge in [-0.3, -0.25) is 9.89 Å². The Hall–Kier alpha value is -3.00. The molecule has 0 bridgehead atoms. The Morgan fingerprint density at radius 1 is 1.24 bits per heavy atom. The standard InChI is InChI=1S/C21H26N6O2/c1-15-18(12-22-24-15)20-23-21(27(25-20)13-16-6-3-2-4-7-16)17-8-5-10-26(11-9-17)19(29)14-28/h2-4,6-7,12,17,28H,5,8-11,13-14H2,1H3,(H,22,24). The van der Waals surface area contributed by atoms with E-state index in [1.165, 1.54) is 5.56 Å². The highest BCUT2D eigenvalue weighted by Gasteiger charge is 2.26. The van der Waals surface area contributed by atoms with Gasteiger partial charge in [0.2, 0.25) is 5.91 Å². The summed E-state index contributed by atoms with van der Waals surface area (Å²) in [4.78, 5) is 18.6. The number of nitrogens with zero attached hydrogens (tertiary/aromatic N) is 5. The number of aliphatic hydroxyl groups is 1. The second-order valence-corrected chi connectivity index (χ2v) is 7.51. The van der Waals surface area contributed by atoms with E-state index in [2.05, 4.69) is 22.3 Å². The lowest BCUT2D eigenvalue weighted by Gasteiger charge is -2.19. The van der Waals surface area contributed by atoms with Gasteiger partial charge in [-0.25, -0.2) is 9.67 Å². The van der Waals surface area contributed by atoms with Crippen LogP contribution in [0.5, 0.6) is 0 Å². The van der Waals surface area contributed by atoms with Crippen molar-refractivity contribution in [1.82, 2.24) is 29.9 Å². The first-order valence-corrected chi connectivity index (χ1v) is 10.0. The first-order chi connectivity index (χ1) is 14.2. The van der Waals surface area contributed by atoms with E-state index in [4.69, 9.17) is 10.1 Å². The molecular formula is C21H26N6O2. The molecule has 1 atom stereocenters. The van der Waals surface area contributed by atoms with Crippen molar-refractivity contribution in [2.24, 2.45) is 0 Å². The highest BCUT2D eigenvalue weighted by Crippen LogP contribution is 2.29. The van der Waals surface area contributed by atoms with Crippen molar-refractivity contribution in [3.63, 3.8) is 0 Å². The van der Waals surface area contributed by atoms with Crippen LogP contribution in [0.4, 0.5) is 0 Å². The van der Waals surface area contributed by atoms with E-state index in [1.54, 1.807) is 11.1 Å². The van der Waals surface area contributed by atoms with Gasteiger partial charge in [0, 0.05) is 24.7 Å². The van der Waals surface area contributed by atoms with E-state index in [-0.39, 0.29) is 11.8 Å². The minimum atomic E-state index is -0.432. The van der Waals surface area contributed by atoms with E-state index < -0.39 is 6.61 Å². The molecule has 1 amide bonds. The van der Waals surface area contributed by atoms with Crippen molar-refractivity contribution in [2.45, 2.75) is 38.6 Å². The fourth-order valence-corrected chi connectivity index (χ4v) is 3.92. The fraction of sp³-hybridized carbons (Fsp3) is 0.429. The zero-order valence-corrected chi connectivity index (χ0v) is 16.6. The molecule has 0 saturated carbocycles. The summed E-state index contributed by atoms with van der Waals surface area (Å²) < 4.78 is 1.99. The molecule has 3 aromatic rings. The summed E-state index contributed by atoms with van der Waals surface area (Å²) in [5.41, 5.74) is 3.01. The van der Waals surface area contributed by atoms with Gasteiger partial charge in [-0.05, 0) is 31.7 Å². The van der Waals surface area contributed by atoms with Gasteiger partial charge in [0.05, 0.1) is 18.3 Å². The summed E-state index contributed by atoms with van der Waals surface area (Å²) in [7, 11) is 0. The molecule has 29 heavy (non-hydrogen) atoms. The second kappa shape index (κ2) is 8.57. The molecule has 1 saturated heterocycles. The van der Waals surface area contributed by atoms with Crippen molar-refractivity contribution in [3.05, 3.63) is 53.6 Å². The number of hydrogen-bond donors (Lipinski definition) is 2. The lowest BCUT2D eigenvalue weighted by atomic mass is 9.99. The number of carbonyl (C=O) groups excluding carboxylic acids is 1. The Morgan fingerprint density at radius 3 is 2.79 bits per heavy atom. The Labute approximate surface area is 169 Å². The Balaban J connectivity index is 1.64. The van der Waals surface area contributed by atoms with Crippen LogP contribution in [0.3, 0.4) is 0 Å². The summed E-state index contributed by atoms with van der Waals surface area (Å²) in [6.45, 7) is 3.48. The topological polar surface area (TPSA) is 99.9 Å². The molecule has 4 rings (SSSR count). The van der Waals surface area contributed by atoms with E-state index in [1.807, 2.05) is 29.8 Å². The number of likely N-dealkylation sites (tertiary alicyclic amines) is 1. The molecule has 1 aliphatic heterocycles. The van der Waals surface area contributed by atoms with Gasteiger partial charge in [0.15, 0.2) is 5.82 Å². The molecule has 1 unspecified atom stereocenters. The molecule has 8 nitrogen and oxygen atoms in total. The van der Waals surface area contributed by atoms with Crippen molar-refractivity contribution >= 4 is 5.91 Å². The molecule has 2 aromatic heterocycles. The minimum absolute atomic E-state index is 0.203. The molecule has 3 heterocycles. The summed E-state index contributed by atoms with van der Waals surface area (Å²) >= 11 is 0. The summed E-state index contributed by atoms with van der Waals surface area (Å²) in [5.74, 6) is 1.63. The number of amides is 1. The molecule has 0 radical (unpaired) electrons. The van der Waals surface area contributed by atoms with E-state index >= 15 is 0 Å². The lowest BCUT2D eigenvalue weighted by molar-refractivity contribution is -0.134. The molecule has 152 valence electrons. The molecule has 2 N–H and O–H groups in total. The Bertz CT molecular complexity index is 965. The minimum Gasteiger partial charge on any atom is -0.387 e. The Kier molecular flexibility index (Phi) is 5.71. The third kappa shape index (κ3) is 4.22. The summed E-state index contributed by atoms with van der Waals surface area (Å²) in [6.07, 6.45) is 4.39. The highest BCUT2D eigenvalue weighted by atomic mass is 16.3. The molecule has 1 aliphatic rings. The average Bonchev–Trinajstić information content (AvgIpc) is 3.26. The van der Waals surface area contributed by atoms with Gasteiger partial charge in [0.1, 0.15) is 12.4 Å². The van der Waals surface area contributed by atoms with Crippen molar-refractivity contribution in [3.8, 4) is 11.4 Å². The maximum atomic E-state index is 11.9. The van der Waals surface area contributed by atoms with Crippen LogP contribution in [0.25, 0.3) is 11.4 Å². The quantitative estimate of drug-likeness (QED) is 0.690. The smallest absolute Gasteiger partial charge is 0.248 e. The first-order valence-electron chi connectivity index (χ1n) is 10.0. The Morgan fingerprint density at radius 2 is 2.07 bits per heavy atom. The van der Waals surface area contributed by atoms with Gasteiger partial charge in [-0.1, -0.05) is 30.3 Å². The first kappa shape index (κ1) is 19.3. The van der Waals surface area contributed by atoms with Crippen LogP contribution in [0.2, 0.25) is 0 Å². The lowest BCUT2D eigenvalue weighted by Crippen LogP contribution is -2.34. The number of H-pyrrole nitrogens is 1. The van der Waals surface area contributed by atoms with Crippen LogP contribution < -0.4 is 0 Å². The third-order valence-corrected chi connectivity index (χ3v) is 5.53. The average molecular weight is 394 g/mol. The van der Waals surface area contributed by atoms with Crippen molar-refractivity contribution in [2.75, 3.05) is 19.7 Å². The number of aromatic nitrogens is 5. The van der Waals surface area contributed by atoms with Gasteiger partial charge in [-0.2, -0.15) is 10.2 Å². The number of hydrogen-bond acceptors (Lipinski definition) is 5. The van der Waals surface area contributed by atoms with Crippen LogP contribution in [0, 0.1) is 6.92 Å². The van der Waals surface area contributed by atoms with Gasteiger partial charge < -0.3 is 10.0 Å². The monoisotopic (exact) mass is 394 g/mol. The van der Waals surface area contributed by atoms with Crippen molar-refractivity contribution in [1.29, 1.82) is 0 Å². The predicted octanol–water partition coefficient (Wildman–Crippen LogP) is 2.11. The van der Waals surface area contributed by atoms with Crippen LogP contribution in [0.1, 0.15) is 42.3 Å². The fourth-order valence-electron chi connectivity index (χ4n) is 3.92. The van der Waals surface area contributed by atoms with Crippen LogP contribution in [0.15, 0.2) is 36.5 Å². The van der Waals surface area contributed by atoms with E-state index in [9.17, 15) is 9.90 Å². The van der Waals surface area contributed by atoms with Crippen LogP contribution >= 0.6 is 0 Å². The van der Waals surface area contributed by atoms with E-state index in [0.29, 0.717) is 25.5 Å². The van der Waals surface area contributed by atoms with Gasteiger partial charge >= 0.3 is 0 Å². The second-order valence-electron chi connectivity index (χ2n) is 7.51. The maximum absolute atomic E-state index is 11.9. The molecule has 0 aliphatic carbocycles. The molecule has 8 heteroatoms. The molecular weight excluding hydrogens is 368 g/mol. The normalized spacial score (nSPS) is 17.3. The van der Waals surface area contributed by atoms with Gasteiger partial charge in [-0.15, -0.1) is 0 Å². The summed E-state index contributed by atoms with van der Waals surface area (Å²) in [6, 6.07) is 10.2. The predicted molar refractivity (Wildman–Crippen MR) is 108 cm³/mol. The number of aliphatic hydroxyl groups excluding tert-OH is 1. The van der Waals surface area contributed by atoms with Crippen LogP contribution in [-0.2, 0) is 11.3 Å². The van der Waals surface area contributed by atoms with Crippen LogP contribution in [-0.4, -0.2) is 60.6 Å². The highest BCUT2D eigenvalue weighted by molar-refractivity contribution is 5.77. The number of rotatable bonds is 5. The van der Waals surface area contributed by atoms with Crippen molar-refractivity contribution < 1.29 is 9.90 Å². The van der Waals surface area contributed by atoms with Gasteiger partial charge in [0.25, 0.3) is 0 Å². The SMILES string of the molecule is Cc1[nH]ncc1-c1nc(C2CCCN(C(=O)CO)CC2)n(Cc2ccccc2)n1. The third-order valence-electron chi connectivity index (χ3n) is 5.53. The number of aryl methyl sites for hydroxylation is 1. The zero-order chi connectivity index (χ0) is 20.2. The number of benzene rings is 1. The summed E-state index contributed by atoms with van der Waals surface area (Å²) in [5, 5.41) is 21.0. The number of nitrogens with one attached hydrogen (secondary N) is 1. The molecule has 1 fully saturated rings. The number of carbonyl (C=O) groups is 1. The maximum Gasteiger partial charge on any atom is 0.248 e. The molecule has 1 aromatic carbocycles. The van der Waals surface area contributed by atoms with E-state index in [0.717, 1.165) is 36.3 Å².